The molecule has 1 heterocycles. The van der Waals surface area contributed by atoms with E-state index in [0.29, 0.717) is 5.82 Å². The Morgan fingerprint density at radius 1 is 0.629 bits per heavy atom. The second-order valence-corrected chi connectivity index (χ2v) is 10.0. The fraction of sp³-hybridized carbons (Fsp3) is 0.677. The maximum atomic E-state index is 5.92. The van der Waals surface area contributed by atoms with E-state index in [0.717, 1.165) is 49.0 Å². The number of benzene rings is 1. The summed E-state index contributed by atoms with van der Waals surface area (Å²) < 4.78 is 11.7. The van der Waals surface area contributed by atoms with E-state index in [1.807, 2.05) is 24.3 Å². The SMILES string of the molecule is CCCCCCCCCCCCOc1ccc(-c2ncc(OCCCCCC(C)CC)cn2)cc1. The molecular formula is C31H50N2O2. The highest BCUT2D eigenvalue weighted by Crippen LogP contribution is 2.21. The van der Waals surface area contributed by atoms with Crippen LogP contribution in [0.15, 0.2) is 36.7 Å². The van der Waals surface area contributed by atoms with Gasteiger partial charge in [0.1, 0.15) is 5.75 Å². The Hall–Kier alpha value is -2.10. The first kappa shape index (κ1) is 29.1. The smallest absolute Gasteiger partial charge is 0.159 e. The summed E-state index contributed by atoms with van der Waals surface area (Å²) in [7, 11) is 0. The Labute approximate surface area is 215 Å². The van der Waals surface area contributed by atoms with Crippen molar-refractivity contribution in [3.8, 4) is 22.9 Å². The molecule has 1 unspecified atom stereocenters. The van der Waals surface area contributed by atoms with Crippen molar-refractivity contribution in [2.75, 3.05) is 13.2 Å². The van der Waals surface area contributed by atoms with Gasteiger partial charge in [-0.25, -0.2) is 9.97 Å². The number of hydrogen-bond donors (Lipinski definition) is 0. The highest BCUT2D eigenvalue weighted by molar-refractivity contribution is 5.56. The van der Waals surface area contributed by atoms with Gasteiger partial charge in [0.25, 0.3) is 0 Å². The van der Waals surface area contributed by atoms with Crippen molar-refractivity contribution in [3.63, 3.8) is 0 Å². The molecule has 0 aliphatic heterocycles. The minimum atomic E-state index is 0.715. The zero-order valence-corrected chi connectivity index (χ0v) is 22.8. The molecule has 0 aliphatic carbocycles. The van der Waals surface area contributed by atoms with E-state index in [1.165, 1.54) is 83.5 Å². The van der Waals surface area contributed by atoms with E-state index >= 15 is 0 Å². The van der Waals surface area contributed by atoms with Crippen LogP contribution in [0.25, 0.3) is 11.4 Å². The third-order valence-corrected chi connectivity index (χ3v) is 6.81. The van der Waals surface area contributed by atoms with Gasteiger partial charge in [-0.3, -0.25) is 0 Å². The zero-order chi connectivity index (χ0) is 25.0. The number of ether oxygens (including phenoxy) is 2. The van der Waals surface area contributed by atoms with Crippen molar-refractivity contribution < 1.29 is 9.47 Å². The van der Waals surface area contributed by atoms with Crippen LogP contribution in [0.2, 0.25) is 0 Å². The molecule has 0 bridgehead atoms. The lowest BCUT2D eigenvalue weighted by Crippen LogP contribution is -2.00. The van der Waals surface area contributed by atoms with Crippen LogP contribution < -0.4 is 9.47 Å². The van der Waals surface area contributed by atoms with Crippen LogP contribution in [0.1, 0.15) is 117 Å². The van der Waals surface area contributed by atoms with Crippen molar-refractivity contribution in [1.82, 2.24) is 9.97 Å². The van der Waals surface area contributed by atoms with Crippen LogP contribution in [0.5, 0.6) is 11.5 Å². The fourth-order valence-electron chi connectivity index (χ4n) is 4.19. The Bertz CT molecular complexity index is 746. The van der Waals surface area contributed by atoms with E-state index in [9.17, 15) is 0 Å². The average molecular weight is 483 g/mol. The molecule has 1 atom stereocenters. The molecule has 0 spiro atoms. The van der Waals surface area contributed by atoms with E-state index in [2.05, 4.69) is 30.7 Å². The van der Waals surface area contributed by atoms with Crippen LogP contribution in [0, 0.1) is 5.92 Å². The molecule has 2 aromatic rings. The minimum Gasteiger partial charge on any atom is -0.494 e. The topological polar surface area (TPSA) is 44.2 Å². The molecule has 0 saturated heterocycles. The van der Waals surface area contributed by atoms with Crippen LogP contribution in [-0.2, 0) is 0 Å². The molecule has 35 heavy (non-hydrogen) atoms. The van der Waals surface area contributed by atoms with Crippen molar-refractivity contribution in [3.05, 3.63) is 36.7 Å². The maximum absolute atomic E-state index is 5.92. The van der Waals surface area contributed by atoms with Gasteiger partial charge in [-0.1, -0.05) is 104 Å². The van der Waals surface area contributed by atoms with Gasteiger partial charge in [0, 0.05) is 5.56 Å². The predicted octanol–water partition coefficient (Wildman–Crippen LogP) is 9.43. The first-order valence-corrected chi connectivity index (χ1v) is 14.4. The summed E-state index contributed by atoms with van der Waals surface area (Å²) >= 11 is 0. The number of unbranched alkanes of at least 4 members (excludes halogenated alkanes) is 11. The first-order chi connectivity index (χ1) is 17.2. The lowest BCUT2D eigenvalue weighted by atomic mass is 10.0. The maximum Gasteiger partial charge on any atom is 0.159 e. The van der Waals surface area contributed by atoms with Gasteiger partial charge < -0.3 is 9.47 Å². The van der Waals surface area contributed by atoms with Crippen LogP contribution in [0.4, 0.5) is 0 Å². The molecule has 1 aromatic heterocycles. The Morgan fingerprint density at radius 3 is 1.71 bits per heavy atom. The fourth-order valence-corrected chi connectivity index (χ4v) is 4.19. The molecule has 0 N–H and O–H groups in total. The quantitative estimate of drug-likeness (QED) is 0.166. The van der Waals surface area contributed by atoms with Crippen LogP contribution >= 0.6 is 0 Å². The van der Waals surface area contributed by atoms with Crippen LogP contribution in [0.3, 0.4) is 0 Å². The van der Waals surface area contributed by atoms with E-state index in [1.54, 1.807) is 12.4 Å². The summed E-state index contributed by atoms with van der Waals surface area (Å²) in [5, 5.41) is 0. The molecule has 4 nitrogen and oxygen atoms in total. The highest BCUT2D eigenvalue weighted by atomic mass is 16.5. The minimum absolute atomic E-state index is 0.715. The van der Waals surface area contributed by atoms with Crippen LogP contribution in [-0.4, -0.2) is 23.2 Å². The second kappa shape index (κ2) is 19.1. The van der Waals surface area contributed by atoms with Gasteiger partial charge in [-0.2, -0.15) is 0 Å². The third kappa shape index (κ3) is 13.5. The molecule has 0 amide bonds. The largest absolute Gasteiger partial charge is 0.494 e. The Kier molecular flexibility index (Phi) is 15.9. The van der Waals surface area contributed by atoms with Gasteiger partial charge in [0.2, 0.25) is 0 Å². The molecular weight excluding hydrogens is 432 g/mol. The van der Waals surface area contributed by atoms with Gasteiger partial charge in [0.15, 0.2) is 11.6 Å². The lowest BCUT2D eigenvalue weighted by Gasteiger charge is -2.09. The highest BCUT2D eigenvalue weighted by Gasteiger charge is 2.04. The van der Waals surface area contributed by atoms with Gasteiger partial charge >= 0.3 is 0 Å². The number of nitrogens with zero attached hydrogens (tertiary/aromatic N) is 2. The van der Waals surface area contributed by atoms with Gasteiger partial charge in [0.05, 0.1) is 25.6 Å². The van der Waals surface area contributed by atoms with Crippen molar-refractivity contribution in [1.29, 1.82) is 0 Å². The summed E-state index contributed by atoms with van der Waals surface area (Å²) in [6.07, 6.45) is 23.1. The Balaban J connectivity index is 1.56. The van der Waals surface area contributed by atoms with Crippen molar-refractivity contribution >= 4 is 0 Å². The summed E-state index contributed by atoms with van der Waals surface area (Å²) in [6, 6.07) is 8.08. The van der Waals surface area contributed by atoms with Gasteiger partial charge in [-0.05, 0) is 43.0 Å². The predicted molar refractivity (Wildman–Crippen MR) is 148 cm³/mol. The van der Waals surface area contributed by atoms with E-state index in [-0.39, 0.29) is 0 Å². The second-order valence-electron chi connectivity index (χ2n) is 10.0. The first-order valence-electron chi connectivity index (χ1n) is 14.4. The monoisotopic (exact) mass is 482 g/mol. The summed E-state index contributed by atoms with van der Waals surface area (Å²) in [6.45, 7) is 8.39. The van der Waals surface area contributed by atoms with E-state index < -0.39 is 0 Å². The third-order valence-electron chi connectivity index (χ3n) is 6.81. The van der Waals surface area contributed by atoms with E-state index in [4.69, 9.17) is 9.47 Å². The summed E-state index contributed by atoms with van der Waals surface area (Å²) in [5.41, 5.74) is 0.993. The molecule has 0 saturated carbocycles. The number of hydrogen-bond acceptors (Lipinski definition) is 4. The molecule has 4 heteroatoms. The summed E-state index contributed by atoms with van der Waals surface area (Å²) in [4.78, 5) is 8.97. The molecule has 196 valence electrons. The van der Waals surface area contributed by atoms with Crippen molar-refractivity contribution in [2.24, 2.45) is 5.92 Å². The molecule has 0 aliphatic rings. The average Bonchev–Trinajstić information content (AvgIpc) is 2.90. The van der Waals surface area contributed by atoms with Crippen molar-refractivity contribution in [2.45, 2.75) is 117 Å². The molecule has 2 rings (SSSR count). The molecule has 0 fully saturated rings. The molecule has 1 aromatic carbocycles. The number of aromatic nitrogens is 2. The summed E-state index contributed by atoms with van der Waals surface area (Å²) in [5.74, 6) is 3.21. The zero-order valence-electron chi connectivity index (χ0n) is 22.8. The Morgan fingerprint density at radius 2 is 1.14 bits per heavy atom. The standard InChI is InChI=1S/C31H50N2O2/c1-4-6-7-8-9-10-11-12-13-16-23-34-29-21-19-28(20-22-29)31-32-25-30(26-33-31)35-24-17-14-15-18-27(3)5-2/h19-22,25-27H,4-18,23-24H2,1-3H3. The van der Waals surface area contributed by atoms with Gasteiger partial charge in [-0.15, -0.1) is 0 Å². The number of rotatable bonds is 21. The normalized spacial score (nSPS) is 12.0. The lowest BCUT2D eigenvalue weighted by molar-refractivity contribution is 0.300. The molecule has 0 radical (unpaired) electrons.